The number of para-hydroxylation sites is 1. The number of anilines is 1. The van der Waals surface area contributed by atoms with Crippen LogP contribution in [0.4, 0.5) is 18.9 Å². The maximum absolute atomic E-state index is 12.8. The van der Waals surface area contributed by atoms with E-state index in [2.05, 4.69) is 15.3 Å². The second kappa shape index (κ2) is 8.81. The average Bonchev–Trinajstić information content (AvgIpc) is 2.58. The quantitative estimate of drug-likeness (QED) is 0.529. The number of alkyl halides is 3. The average molecular weight is 413 g/mol. The van der Waals surface area contributed by atoms with Crippen molar-refractivity contribution >= 4 is 23.4 Å². The first-order chi connectivity index (χ1) is 13.0. The number of H-pyrrole nitrogens is 1. The van der Waals surface area contributed by atoms with Gasteiger partial charge in [0, 0.05) is 11.8 Å². The Labute approximate surface area is 165 Å². The van der Waals surface area contributed by atoms with Crippen molar-refractivity contribution in [1.82, 2.24) is 9.97 Å². The Bertz CT molecular complexity index is 882. The van der Waals surface area contributed by atoms with Gasteiger partial charge in [0.25, 0.3) is 5.56 Å². The van der Waals surface area contributed by atoms with Gasteiger partial charge in [0.05, 0.1) is 5.75 Å². The highest BCUT2D eigenvalue weighted by Crippen LogP contribution is 2.32. The molecule has 9 heteroatoms. The number of amides is 1. The number of hydrogen-bond donors (Lipinski definition) is 2. The Morgan fingerprint density at radius 1 is 1.18 bits per heavy atom. The van der Waals surface area contributed by atoms with Crippen molar-refractivity contribution in [1.29, 1.82) is 0 Å². The molecule has 2 aromatic rings. The molecule has 2 N–H and O–H groups in total. The summed E-state index contributed by atoms with van der Waals surface area (Å²) in [6.45, 7) is 8.06. The van der Waals surface area contributed by atoms with Gasteiger partial charge in [-0.15, -0.1) is 0 Å². The summed E-state index contributed by atoms with van der Waals surface area (Å²) in [5.74, 6) is -0.208. The smallest absolute Gasteiger partial charge is 0.325 e. The van der Waals surface area contributed by atoms with E-state index >= 15 is 0 Å². The summed E-state index contributed by atoms with van der Waals surface area (Å²) < 4.78 is 38.3. The van der Waals surface area contributed by atoms with E-state index in [9.17, 15) is 22.8 Å². The number of nitrogens with zero attached hydrogens (tertiary/aromatic N) is 1. The molecule has 0 aliphatic heterocycles. The zero-order chi connectivity index (χ0) is 21.1. The molecular weight excluding hydrogens is 391 g/mol. The van der Waals surface area contributed by atoms with Gasteiger partial charge in [-0.05, 0) is 23.0 Å². The van der Waals surface area contributed by atoms with Gasteiger partial charge < -0.3 is 10.3 Å². The van der Waals surface area contributed by atoms with E-state index in [-0.39, 0.29) is 28.7 Å². The fourth-order valence-corrected chi connectivity index (χ4v) is 3.33. The highest BCUT2D eigenvalue weighted by Gasteiger charge is 2.33. The monoisotopic (exact) mass is 413 g/mol. The molecule has 5 nitrogen and oxygen atoms in total. The number of aromatic nitrogens is 2. The molecule has 0 radical (unpaired) electrons. The summed E-state index contributed by atoms with van der Waals surface area (Å²) in [5.41, 5.74) is 0.484. The summed E-state index contributed by atoms with van der Waals surface area (Å²) in [4.78, 5) is 29.4. The first kappa shape index (κ1) is 22.0. The van der Waals surface area contributed by atoms with Gasteiger partial charge >= 0.3 is 6.18 Å². The molecule has 0 bridgehead atoms. The van der Waals surface area contributed by atoms with Crippen molar-refractivity contribution in [3.8, 4) is 0 Å². The fourth-order valence-electron chi connectivity index (χ4n) is 2.65. The molecule has 0 aliphatic rings. The minimum absolute atomic E-state index is 0.183. The van der Waals surface area contributed by atoms with E-state index < -0.39 is 17.4 Å². The fraction of sp³-hybridized carbons (Fsp3) is 0.421. The van der Waals surface area contributed by atoms with Gasteiger partial charge in [-0.25, -0.2) is 4.98 Å². The van der Waals surface area contributed by atoms with E-state index in [4.69, 9.17) is 0 Å². The Morgan fingerprint density at radius 3 is 2.25 bits per heavy atom. The highest BCUT2D eigenvalue weighted by atomic mass is 32.2. The number of hydrogen-bond acceptors (Lipinski definition) is 4. The first-order valence-electron chi connectivity index (χ1n) is 8.73. The second-order valence-electron chi connectivity index (χ2n) is 6.89. The lowest BCUT2D eigenvalue weighted by Gasteiger charge is -2.20. The SMILES string of the molecule is CC(C)c1cccc(C(C)C)c1NC(=O)CSc1nc(C(F)(F)F)cc(=O)[nH]1. The molecule has 0 saturated heterocycles. The predicted octanol–water partition coefficient (Wildman–Crippen LogP) is 4.77. The third kappa shape index (κ3) is 5.60. The van der Waals surface area contributed by atoms with Crippen LogP contribution in [0.2, 0.25) is 0 Å². The van der Waals surface area contributed by atoms with Crippen LogP contribution in [0.15, 0.2) is 34.2 Å². The van der Waals surface area contributed by atoms with Crippen molar-refractivity contribution in [2.45, 2.75) is 50.9 Å². The molecule has 0 atom stereocenters. The Balaban J connectivity index is 2.18. The molecular formula is C19H22F3N3O2S. The summed E-state index contributed by atoms with van der Waals surface area (Å²) in [6, 6.07) is 6.20. The van der Waals surface area contributed by atoms with Crippen molar-refractivity contribution in [3.63, 3.8) is 0 Å². The zero-order valence-corrected chi connectivity index (χ0v) is 16.8. The predicted molar refractivity (Wildman–Crippen MR) is 104 cm³/mol. The molecule has 0 spiro atoms. The lowest BCUT2D eigenvalue weighted by Crippen LogP contribution is -2.19. The molecule has 28 heavy (non-hydrogen) atoms. The lowest BCUT2D eigenvalue weighted by atomic mass is 9.92. The summed E-state index contributed by atoms with van der Waals surface area (Å²) >= 11 is 0.742. The number of carbonyl (C=O) groups is 1. The van der Waals surface area contributed by atoms with Crippen LogP contribution < -0.4 is 10.9 Å². The largest absolute Gasteiger partial charge is 0.433 e. The molecule has 1 heterocycles. The number of rotatable bonds is 6. The topological polar surface area (TPSA) is 74.8 Å². The molecule has 1 aromatic carbocycles. The third-order valence-electron chi connectivity index (χ3n) is 3.99. The molecule has 0 unspecified atom stereocenters. The Morgan fingerprint density at radius 2 is 1.75 bits per heavy atom. The molecule has 2 rings (SSSR count). The van der Waals surface area contributed by atoms with Gasteiger partial charge in [0.1, 0.15) is 0 Å². The van der Waals surface area contributed by atoms with Crippen LogP contribution in [0.25, 0.3) is 0 Å². The number of benzene rings is 1. The van der Waals surface area contributed by atoms with Crippen LogP contribution in [0, 0.1) is 0 Å². The zero-order valence-electron chi connectivity index (χ0n) is 16.0. The van der Waals surface area contributed by atoms with Gasteiger partial charge in [-0.3, -0.25) is 9.59 Å². The molecule has 1 aromatic heterocycles. The first-order valence-corrected chi connectivity index (χ1v) is 9.71. The normalized spacial score (nSPS) is 11.9. The van der Waals surface area contributed by atoms with Crippen molar-refractivity contribution in [2.24, 2.45) is 0 Å². The minimum Gasteiger partial charge on any atom is -0.325 e. The van der Waals surface area contributed by atoms with E-state index in [0.29, 0.717) is 6.07 Å². The van der Waals surface area contributed by atoms with E-state index in [1.807, 2.05) is 45.9 Å². The molecule has 0 saturated carbocycles. The van der Waals surface area contributed by atoms with E-state index in [1.54, 1.807) is 0 Å². The Kier molecular flexibility index (Phi) is 6.92. The number of halogens is 3. The van der Waals surface area contributed by atoms with Crippen LogP contribution in [-0.2, 0) is 11.0 Å². The van der Waals surface area contributed by atoms with Gasteiger partial charge in [-0.1, -0.05) is 57.7 Å². The number of carbonyl (C=O) groups excluding carboxylic acids is 1. The van der Waals surface area contributed by atoms with Gasteiger partial charge in [0.2, 0.25) is 5.91 Å². The standard InChI is InChI=1S/C19H22F3N3O2S/c1-10(2)12-6-5-7-13(11(3)4)17(12)24-16(27)9-28-18-23-14(19(20,21)22)8-15(26)25-18/h5-8,10-11H,9H2,1-4H3,(H,24,27)(H,23,25,26). The maximum Gasteiger partial charge on any atom is 0.433 e. The van der Waals surface area contributed by atoms with Crippen LogP contribution in [0.5, 0.6) is 0 Å². The number of thioether (sulfide) groups is 1. The minimum atomic E-state index is -4.73. The van der Waals surface area contributed by atoms with Crippen LogP contribution >= 0.6 is 11.8 Å². The second-order valence-corrected chi connectivity index (χ2v) is 7.86. The summed E-state index contributed by atoms with van der Waals surface area (Å²) in [6.07, 6.45) is -4.73. The highest BCUT2D eigenvalue weighted by molar-refractivity contribution is 7.99. The molecule has 1 amide bonds. The van der Waals surface area contributed by atoms with E-state index in [0.717, 1.165) is 28.6 Å². The van der Waals surface area contributed by atoms with Crippen LogP contribution in [0.1, 0.15) is 56.4 Å². The maximum atomic E-state index is 12.8. The van der Waals surface area contributed by atoms with E-state index in [1.165, 1.54) is 0 Å². The molecule has 0 aliphatic carbocycles. The third-order valence-corrected chi connectivity index (χ3v) is 4.86. The van der Waals surface area contributed by atoms with Crippen molar-refractivity contribution in [3.05, 3.63) is 51.4 Å². The summed E-state index contributed by atoms with van der Waals surface area (Å²) in [5, 5.41) is 2.62. The van der Waals surface area contributed by atoms with Gasteiger partial charge in [0.15, 0.2) is 10.9 Å². The number of nitrogens with one attached hydrogen (secondary N) is 2. The van der Waals surface area contributed by atoms with Crippen LogP contribution in [0.3, 0.4) is 0 Å². The molecule has 152 valence electrons. The van der Waals surface area contributed by atoms with Gasteiger partial charge in [-0.2, -0.15) is 13.2 Å². The lowest BCUT2D eigenvalue weighted by molar-refractivity contribution is -0.141. The number of aromatic amines is 1. The van der Waals surface area contributed by atoms with Crippen LogP contribution in [-0.4, -0.2) is 21.6 Å². The van der Waals surface area contributed by atoms with Crippen molar-refractivity contribution in [2.75, 3.05) is 11.1 Å². The molecule has 0 fully saturated rings. The Hall–Kier alpha value is -2.29. The van der Waals surface area contributed by atoms with Crippen molar-refractivity contribution < 1.29 is 18.0 Å². The summed E-state index contributed by atoms with van der Waals surface area (Å²) in [7, 11) is 0.